The first-order valence-corrected chi connectivity index (χ1v) is 7.50. The maximum atomic E-state index is 14.0. The van der Waals surface area contributed by atoms with E-state index in [1.807, 2.05) is 0 Å². The number of benzene rings is 1. The van der Waals surface area contributed by atoms with Gasteiger partial charge in [0.2, 0.25) is 11.8 Å². The predicted molar refractivity (Wildman–Crippen MR) is 75.5 cm³/mol. The molecule has 22 heavy (non-hydrogen) atoms. The van der Waals surface area contributed by atoms with Crippen molar-refractivity contribution in [3.63, 3.8) is 0 Å². The minimum absolute atomic E-state index is 0.102. The van der Waals surface area contributed by atoms with Crippen LogP contribution in [0.2, 0.25) is 0 Å². The second kappa shape index (κ2) is 4.63. The number of hydrogen-bond acceptors (Lipinski definition) is 4. The topological polar surface area (TPSA) is 59.2 Å². The Morgan fingerprint density at radius 1 is 1.36 bits per heavy atom. The highest BCUT2D eigenvalue weighted by atomic mass is 19.1. The molecule has 114 valence electrons. The van der Waals surface area contributed by atoms with Crippen molar-refractivity contribution >= 4 is 5.91 Å². The number of amides is 1. The SMILES string of the molecule is Cc1nnc([C@]23CC[C@H]2CCN3C(=O)c2ccccc2F)o1. The smallest absolute Gasteiger partial charge is 0.257 e. The van der Waals surface area contributed by atoms with Crippen molar-refractivity contribution in [1.29, 1.82) is 0 Å². The number of halogens is 1. The molecule has 0 radical (unpaired) electrons. The van der Waals surface area contributed by atoms with Crippen molar-refractivity contribution in [2.45, 2.75) is 31.7 Å². The Labute approximate surface area is 127 Å². The molecule has 2 fully saturated rings. The van der Waals surface area contributed by atoms with E-state index in [0.717, 1.165) is 19.3 Å². The van der Waals surface area contributed by atoms with E-state index in [2.05, 4.69) is 10.2 Å². The molecule has 0 N–H and O–H groups in total. The van der Waals surface area contributed by atoms with Crippen molar-refractivity contribution in [1.82, 2.24) is 15.1 Å². The first-order valence-electron chi connectivity index (χ1n) is 7.50. The van der Waals surface area contributed by atoms with Crippen molar-refractivity contribution in [3.8, 4) is 0 Å². The van der Waals surface area contributed by atoms with Crippen LogP contribution in [0.15, 0.2) is 28.7 Å². The molecule has 4 rings (SSSR count). The maximum Gasteiger partial charge on any atom is 0.257 e. The summed E-state index contributed by atoms with van der Waals surface area (Å²) in [5.41, 5.74) is -0.439. The molecule has 1 amide bonds. The normalized spacial score (nSPS) is 26.6. The largest absolute Gasteiger partial charge is 0.423 e. The van der Waals surface area contributed by atoms with Gasteiger partial charge in [-0.2, -0.15) is 0 Å². The molecule has 0 unspecified atom stereocenters. The molecule has 2 heterocycles. The van der Waals surface area contributed by atoms with Gasteiger partial charge in [0.15, 0.2) is 0 Å². The van der Waals surface area contributed by atoms with Gasteiger partial charge in [-0.1, -0.05) is 12.1 Å². The molecular formula is C16H16FN3O2. The number of aromatic nitrogens is 2. The highest BCUT2D eigenvalue weighted by Crippen LogP contribution is 2.56. The van der Waals surface area contributed by atoms with Crippen LogP contribution >= 0.6 is 0 Å². The number of aryl methyl sites for hydroxylation is 1. The fourth-order valence-corrected chi connectivity index (χ4v) is 3.78. The van der Waals surface area contributed by atoms with Crippen LogP contribution in [-0.4, -0.2) is 27.5 Å². The average Bonchev–Trinajstić information content (AvgIpc) is 3.01. The lowest BCUT2D eigenvalue weighted by Crippen LogP contribution is -2.54. The van der Waals surface area contributed by atoms with E-state index in [1.54, 1.807) is 24.0 Å². The minimum atomic E-state index is -0.541. The molecule has 1 aliphatic heterocycles. The Morgan fingerprint density at radius 2 is 2.18 bits per heavy atom. The van der Waals surface area contributed by atoms with E-state index in [0.29, 0.717) is 24.2 Å². The maximum absolute atomic E-state index is 14.0. The van der Waals surface area contributed by atoms with Crippen molar-refractivity contribution < 1.29 is 13.6 Å². The summed E-state index contributed by atoms with van der Waals surface area (Å²) < 4.78 is 19.6. The molecule has 1 saturated heterocycles. The first kappa shape index (κ1) is 13.4. The number of likely N-dealkylation sites (tertiary alicyclic amines) is 1. The van der Waals surface area contributed by atoms with Crippen LogP contribution in [0.5, 0.6) is 0 Å². The zero-order valence-electron chi connectivity index (χ0n) is 12.3. The van der Waals surface area contributed by atoms with Crippen LogP contribution in [0.25, 0.3) is 0 Å². The summed E-state index contributed by atoms with van der Waals surface area (Å²) in [6.07, 6.45) is 2.71. The summed E-state index contributed by atoms with van der Waals surface area (Å²) >= 11 is 0. The molecule has 0 spiro atoms. The number of carbonyl (C=O) groups is 1. The van der Waals surface area contributed by atoms with E-state index in [4.69, 9.17) is 4.42 Å². The van der Waals surface area contributed by atoms with Crippen LogP contribution in [0.4, 0.5) is 4.39 Å². The fourth-order valence-electron chi connectivity index (χ4n) is 3.78. The Balaban J connectivity index is 1.75. The molecule has 6 heteroatoms. The second-order valence-corrected chi connectivity index (χ2v) is 6.01. The summed E-state index contributed by atoms with van der Waals surface area (Å²) in [4.78, 5) is 14.6. The monoisotopic (exact) mass is 301 g/mol. The number of rotatable bonds is 2. The van der Waals surface area contributed by atoms with Crippen molar-refractivity contribution in [2.75, 3.05) is 6.54 Å². The molecule has 2 atom stereocenters. The second-order valence-electron chi connectivity index (χ2n) is 6.01. The molecule has 1 saturated carbocycles. The molecule has 1 aromatic carbocycles. The Bertz CT molecular complexity index is 744. The van der Waals surface area contributed by atoms with E-state index >= 15 is 0 Å². The van der Waals surface area contributed by atoms with Gasteiger partial charge in [-0.25, -0.2) is 4.39 Å². The fraction of sp³-hybridized carbons (Fsp3) is 0.438. The van der Waals surface area contributed by atoms with Crippen LogP contribution < -0.4 is 0 Å². The minimum Gasteiger partial charge on any atom is -0.423 e. The van der Waals surface area contributed by atoms with Gasteiger partial charge in [0.25, 0.3) is 5.91 Å². The summed E-state index contributed by atoms with van der Waals surface area (Å²) in [5.74, 6) is 0.509. The molecule has 1 aromatic heterocycles. The van der Waals surface area contributed by atoms with Gasteiger partial charge in [0.1, 0.15) is 11.4 Å². The molecule has 0 bridgehead atoms. The van der Waals surface area contributed by atoms with Gasteiger partial charge >= 0.3 is 0 Å². The first-order chi connectivity index (χ1) is 10.6. The van der Waals surface area contributed by atoms with Crippen LogP contribution in [0.3, 0.4) is 0 Å². The highest BCUT2D eigenvalue weighted by Gasteiger charge is 2.61. The summed E-state index contributed by atoms with van der Waals surface area (Å²) in [6, 6.07) is 6.09. The Kier molecular flexibility index (Phi) is 2.82. The van der Waals surface area contributed by atoms with Gasteiger partial charge in [0, 0.05) is 13.5 Å². The summed E-state index contributed by atoms with van der Waals surface area (Å²) in [5, 5.41) is 8.05. The lowest BCUT2D eigenvalue weighted by molar-refractivity contribution is -0.00370. The van der Waals surface area contributed by atoms with Crippen LogP contribution in [0, 0.1) is 18.7 Å². The van der Waals surface area contributed by atoms with Gasteiger partial charge in [-0.15, -0.1) is 10.2 Å². The van der Waals surface area contributed by atoms with Gasteiger partial charge < -0.3 is 9.32 Å². The van der Waals surface area contributed by atoms with Crippen LogP contribution in [-0.2, 0) is 5.54 Å². The third-order valence-electron chi connectivity index (χ3n) is 4.98. The summed E-state index contributed by atoms with van der Waals surface area (Å²) in [7, 11) is 0. The van der Waals surface area contributed by atoms with E-state index in [9.17, 15) is 9.18 Å². The van der Waals surface area contributed by atoms with Crippen molar-refractivity contribution in [2.24, 2.45) is 5.92 Å². The number of hydrogen-bond donors (Lipinski definition) is 0. The molecular weight excluding hydrogens is 285 g/mol. The van der Waals surface area contributed by atoms with Gasteiger partial charge in [0.05, 0.1) is 5.56 Å². The van der Waals surface area contributed by atoms with Crippen LogP contribution in [0.1, 0.15) is 41.4 Å². The Morgan fingerprint density at radius 3 is 2.82 bits per heavy atom. The zero-order valence-corrected chi connectivity index (χ0v) is 12.3. The zero-order chi connectivity index (χ0) is 15.3. The lowest BCUT2D eigenvalue weighted by atomic mass is 9.67. The quantitative estimate of drug-likeness (QED) is 0.855. The predicted octanol–water partition coefficient (Wildman–Crippen LogP) is 2.67. The average molecular weight is 301 g/mol. The summed E-state index contributed by atoms with van der Waals surface area (Å²) in [6.45, 7) is 2.33. The molecule has 1 aliphatic carbocycles. The third-order valence-corrected chi connectivity index (χ3v) is 4.98. The highest BCUT2D eigenvalue weighted by molar-refractivity contribution is 5.95. The van der Waals surface area contributed by atoms with Gasteiger partial charge in [-0.05, 0) is 37.3 Å². The molecule has 2 aromatic rings. The number of nitrogens with zero attached hydrogens (tertiary/aromatic N) is 3. The Hall–Kier alpha value is -2.24. The number of carbonyl (C=O) groups excluding carboxylic acids is 1. The lowest BCUT2D eigenvalue weighted by Gasteiger charge is -2.47. The van der Waals surface area contributed by atoms with E-state index in [-0.39, 0.29) is 11.5 Å². The molecule has 2 aliphatic rings. The van der Waals surface area contributed by atoms with Gasteiger partial charge in [-0.3, -0.25) is 4.79 Å². The standard InChI is InChI=1S/C16H16FN3O2/c1-10-18-19-15(22-10)16-8-6-11(16)7-9-20(16)14(21)12-4-2-3-5-13(12)17/h2-5,11H,6-9H2,1H3/t11-,16-/m0/s1. The molecule has 5 nitrogen and oxygen atoms in total. The van der Waals surface area contributed by atoms with Crippen molar-refractivity contribution in [3.05, 3.63) is 47.4 Å². The number of fused-ring (bicyclic) bond motifs is 1. The van der Waals surface area contributed by atoms with E-state index < -0.39 is 11.4 Å². The third kappa shape index (κ3) is 1.66. The van der Waals surface area contributed by atoms with E-state index in [1.165, 1.54) is 12.1 Å².